The summed E-state index contributed by atoms with van der Waals surface area (Å²) in [6.45, 7) is 4.43. The Balaban J connectivity index is 2.24. The first-order valence-electron chi connectivity index (χ1n) is 6.36. The van der Waals surface area contributed by atoms with Crippen molar-refractivity contribution in [2.45, 2.75) is 12.8 Å². The lowest BCUT2D eigenvalue weighted by atomic mass is 10.1. The first-order chi connectivity index (χ1) is 9.37. The number of methoxy groups -OCH3 is 1. The van der Waals surface area contributed by atoms with Crippen molar-refractivity contribution < 1.29 is 17.9 Å². The number of hydrogen-bond acceptors (Lipinski definition) is 4. The van der Waals surface area contributed by atoms with Gasteiger partial charge in [-0.15, -0.1) is 0 Å². The predicted octanol–water partition coefficient (Wildman–Crippen LogP) is 2.46. The topological polar surface area (TPSA) is 64.6 Å². The Hall–Kier alpha value is -1.69. The van der Waals surface area contributed by atoms with E-state index in [0.29, 0.717) is 35.3 Å². The van der Waals surface area contributed by atoms with Crippen LogP contribution in [0.2, 0.25) is 0 Å². The van der Waals surface area contributed by atoms with Gasteiger partial charge in [-0.1, -0.05) is 6.58 Å². The van der Waals surface area contributed by atoms with Crippen LogP contribution in [0.15, 0.2) is 24.8 Å². The van der Waals surface area contributed by atoms with Gasteiger partial charge in [0.2, 0.25) is 10.0 Å². The number of benzene rings is 1. The third-order valence-corrected chi connectivity index (χ3v) is 3.57. The molecular formula is C14H19NO4S. The SMILES string of the molecule is C=C(OC)c1cc(NS(C)(=O)=O)cc(OCC2CC2)c1. The highest BCUT2D eigenvalue weighted by Crippen LogP contribution is 2.31. The average Bonchev–Trinajstić information content (AvgIpc) is 3.17. The van der Waals surface area contributed by atoms with E-state index in [1.165, 1.54) is 20.0 Å². The molecule has 0 saturated heterocycles. The van der Waals surface area contributed by atoms with Gasteiger partial charge in [0.1, 0.15) is 11.5 Å². The van der Waals surface area contributed by atoms with E-state index in [1.807, 2.05) is 0 Å². The van der Waals surface area contributed by atoms with E-state index in [2.05, 4.69) is 11.3 Å². The van der Waals surface area contributed by atoms with Crippen molar-refractivity contribution in [3.05, 3.63) is 30.3 Å². The van der Waals surface area contributed by atoms with Crippen LogP contribution >= 0.6 is 0 Å². The summed E-state index contributed by atoms with van der Waals surface area (Å²) in [7, 11) is -1.82. The molecule has 6 heteroatoms. The van der Waals surface area contributed by atoms with Crippen LogP contribution in [0, 0.1) is 5.92 Å². The van der Waals surface area contributed by atoms with Gasteiger partial charge in [-0.3, -0.25) is 4.72 Å². The van der Waals surface area contributed by atoms with E-state index in [0.717, 1.165) is 6.26 Å². The van der Waals surface area contributed by atoms with Crippen LogP contribution in [0.4, 0.5) is 5.69 Å². The van der Waals surface area contributed by atoms with Crippen molar-refractivity contribution in [1.29, 1.82) is 0 Å². The van der Waals surface area contributed by atoms with Crippen molar-refractivity contribution in [2.24, 2.45) is 5.92 Å². The van der Waals surface area contributed by atoms with Crippen LogP contribution in [-0.4, -0.2) is 28.4 Å². The van der Waals surface area contributed by atoms with Gasteiger partial charge in [0.25, 0.3) is 0 Å². The molecule has 0 amide bonds. The highest BCUT2D eigenvalue weighted by Gasteiger charge is 2.22. The summed E-state index contributed by atoms with van der Waals surface area (Å²) in [6, 6.07) is 5.12. The van der Waals surface area contributed by atoms with E-state index in [-0.39, 0.29) is 0 Å². The van der Waals surface area contributed by atoms with Crippen molar-refractivity contribution in [3.63, 3.8) is 0 Å². The summed E-state index contributed by atoms with van der Waals surface area (Å²) in [4.78, 5) is 0. The van der Waals surface area contributed by atoms with E-state index in [4.69, 9.17) is 9.47 Å². The molecule has 1 aromatic carbocycles. The van der Waals surface area contributed by atoms with E-state index >= 15 is 0 Å². The maximum absolute atomic E-state index is 11.3. The van der Waals surface area contributed by atoms with Crippen LogP contribution in [0.1, 0.15) is 18.4 Å². The molecule has 5 nitrogen and oxygen atoms in total. The molecular weight excluding hydrogens is 278 g/mol. The second-order valence-electron chi connectivity index (χ2n) is 5.00. The lowest BCUT2D eigenvalue weighted by Crippen LogP contribution is -2.10. The number of anilines is 1. The van der Waals surface area contributed by atoms with Crippen LogP contribution in [0.5, 0.6) is 5.75 Å². The smallest absolute Gasteiger partial charge is 0.229 e. The molecule has 110 valence electrons. The van der Waals surface area contributed by atoms with E-state index in [1.54, 1.807) is 18.2 Å². The molecule has 1 aromatic rings. The molecule has 2 rings (SSSR count). The summed E-state index contributed by atoms with van der Waals surface area (Å²) in [5.41, 5.74) is 1.13. The first kappa shape index (κ1) is 14.7. The highest BCUT2D eigenvalue weighted by molar-refractivity contribution is 7.92. The molecule has 1 aliphatic carbocycles. The Morgan fingerprint density at radius 3 is 2.65 bits per heavy atom. The molecule has 0 aromatic heterocycles. The molecule has 0 unspecified atom stereocenters. The van der Waals surface area contributed by atoms with Gasteiger partial charge in [-0.2, -0.15) is 0 Å². The van der Waals surface area contributed by atoms with Gasteiger partial charge in [0.05, 0.1) is 25.7 Å². The lowest BCUT2D eigenvalue weighted by molar-refractivity contribution is 0.299. The Morgan fingerprint density at radius 2 is 2.10 bits per heavy atom. The fourth-order valence-electron chi connectivity index (χ4n) is 1.73. The maximum atomic E-state index is 11.3. The summed E-state index contributed by atoms with van der Waals surface area (Å²) in [5.74, 6) is 1.69. The summed E-state index contributed by atoms with van der Waals surface area (Å²) < 4.78 is 35.9. The average molecular weight is 297 g/mol. The van der Waals surface area contributed by atoms with E-state index < -0.39 is 10.0 Å². The molecule has 1 saturated carbocycles. The lowest BCUT2D eigenvalue weighted by Gasteiger charge is -2.12. The minimum atomic E-state index is -3.34. The molecule has 0 aliphatic heterocycles. The van der Waals surface area contributed by atoms with Gasteiger partial charge in [0, 0.05) is 11.6 Å². The number of sulfonamides is 1. The van der Waals surface area contributed by atoms with Gasteiger partial charge >= 0.3 is 0 Å². The minimum absolute atomic E-state index is 0.439. The number of nitrogens with one attached hydrogen (secondary N) is 1. The summed E-state index contributed by atoms with van der Waals surface area (Å²) in [6.07, 6.45) is 3.49. The van der Waals surface area contributed by atoms with E-state index in [9.17, 15) is 8.42 Å². The zero-order valence-electron chi connectivity index (χ0n) is 11.7. The summed E-state index contributed by atoms with van der Waals surface area (Å²) in [5, 5.41) is 0. The van der Waals surface area contributed by atoms with Crippen LogP contribution < -0.4 is 9.46 Å². The highest BCUT2D eigenvalue weighted by atomic mass is 32.2. The van der Waals surface area contributed by atoms with Gasteiger partial charge in [-0.25, -0.2) is 8.42 Å². The van der Waals surface area contributed by atoms with Crippen LogP contribution in [0.3, 0.4) is 0 Å². The minimum Gasteiger partial charge on any atom is -0.497 e. The molecule has 0 bridgehead atoms. The number of rotatable bonds is 7. The zero-order valence-corrected chi connectivity index (χ0v) is 12.5. The largest absolute Gasteiger partial charge is 0.497 e. The quantitative estimate of drug-likeness (QED) is 0.785. The van der Waals surface area contributed by atoms with Crippen molar-refractivity contribution in [1.82, 2.24) is 0 Å². The van der Waals surface area contributed by atoms with Gasteiger partial charge in [0.15, 0.2) is 0 Å². The molecule has 0 atom stereocenters. The zero-order chi connectivity index (χ0) is 14.8. The Morgan fingerprint density at radius 1 is 1.40 bits per heavy atom. The first-order valence-corrected chi connectivity index (χ1v) is 8.25. The third kappa shape index (κ3) is 4.45. The molecule has 0 spiro atoms. The van der Waals surface area contributed by atoms with Gasteiger partial charge < -0.3 is 9.47 Å². The molecule has 1 N–H and O–H groups in total. The Labute approximate surface area is 119 Å². The standard InChI is InChI=1S/C14H19NO4S/c1-10(18-2)12-6-13(15-20(3,16)17)8-14(7-12)19-9-11-4-5-11/h6-8,11,15H,1,4-5,9H2,2-3H3. The molecule has 0 radical (unpaired) electrons. The fourth-order valence-corrected chi connectivity index (χ4v) is 2.28. The van der Waals surface area contributed by atoms with Gasteiger partial charge in [-0.05, 0) is 30.9 Å². The second kappa shape index (κ2) is 5.75. The molecule has 20 heavy (non-hydrogen) atoms. The van der Waals surface area contributed by atoms with Crippen molar-refractivity contribution in [2.75, 3.05) is 24.7 Å². The van der Waals surface area contributed by atoms with Crippen molar-refractivity contribution in [3.8, 4) is 5.75 Å². The second-order valence-corrected chi connectivity index (χ2v) is 6.75. The molecule has 1 fully saturated rings. The fraction of sp³-hybridized carbons (Fsp3) is 0.429. The molecule has 0 heterocycles. The summed E-state index contributed by atoms with van der Waals surface area (Å²) >= 11 is 0. The maximum Gasteiger partial charge on any atom is 0.229 e. The van der Waals surface area contributed by atoms with Crippen LogP contribution in [-0.2, 0) is 14.8 Å². The van der Waals surface area contributed by atoms with Crippen LogP contribution in [0.25, 0.3) is 5.76 Å². The Bertz CT molecular complexity index is 606. The monoisotopic (exact) mass is 297 g/mol. The number of ether oxygens (including phenoxy) is 2. The Kier molecular flexibility index (Phi) is 4.23. The number of hydrogen-bond donors (Lipinski definition) is 1. The normalized spacial score (nSPS) is 14.7. The van der Waals surface area contributed by atoms with Crippen molar-refractivity contribution >= 4 is 21.5 Å². The molecule has 1 aliphatic rings. The third-order valence-electron chi connectivity index (χ3n) is 2.96. The predicted molar refractivity (Wildman–Crippen MR) is 79.2 cm³/mol.